The monoisotopic (exact) mass is 383 g/mol. The van der Waals surface area contributed by atoms with Gasteiger partial charge in [0.25, 0.3) is 5.91 Å². The number of hydrogen-bond donors (Lipinski definition) is 1. The van der Waals surface area contributed by atoms with Crippen molar-refractivity contribution in [3.63, 3.8) is 0 Å². The lowest BCUT2D eigenvalue weighted by atomic mass is 10.2. The fourth-order valence-electron chi connectivity index (χ4n) is 3.01. The fraction of sp³-hybridized carbons (Fsp3) is 0.333. The van der Waals surface area contributed by atoms with Gasteiger partial charge in [-0.05, 0) is 62.5 Å². The lowest BCUT2D eigenvalue weighted by molar-refractivity contribution is 0.0973. The molecule has 1 saturated heterocycles. The number of benzene rings is 2. The molecule has 0 spiro atoms. The van der Waals surface area contributed by atoms with Crippen molar-refractivity contribution in [3.05, 3.63) is 60.2 Å². The van der Waals surface area contributed by atoms with Crippen LogP contribution >= 0.6 is 12.2 Å². The van der Waals surface area contributed by atoms with Gasteiger partial charge in [0.05, 0.1) is 6.10 Å². The van der Waals surface area contributed by atoms with Gasteiger partial charge in [0.2, 0.25) is 0 Å². The van der Waals surface area contributed by atoms with E-state index in [0.717, 1.165) is 31.9 Å². The molecule has 0 saturated carbocycles. The summed E-state index contributed by atoms with van der Waals surface area (Å²) in [5.74, 6) is 0.558. The Morgan fingerprint density at radius 2 is 1.63 bits per heavy atom. The molecule has 1 amide bonds. The maximum absolute atomic E-state index is 12.4. The topological polar surface area (TPSA) is 44.8 Å². The standard InChI is InChI=1S/C21H25N3O2S/c1-16(2)26-19-10-8-17(9-11-19)20(25)22-21(27)24-14-12-23(13-15-24)18-6-4-3-5-7-18/h3-11,16H,12-15H2,1-2H3,(H,22,25,27). The van der Waals surface area contributed by atoms with Gasteiger partial charge in [0.15, 0.2) is 5.11 Å². The number of rotatable bonds is 4. The van der Waals surface area contributed by atoms with Crippen LogP contribution in [0.15, 0.2) is 54.6 Å². The highest BCUT2D eigenvalue weighted by Gasteiger charge is 2.20. The first-order valence-corrected chi connectivity index (χ1v) is 9.61. The molecule has 1 fully saturated rings. The maximum atomic E-state index is 12.4. The number of thiocarbonyl (C=S) groups is 1. The van der Waals surface area contributed by atoms with E-state index >= 15 is 0 Å². The van der Waals surface area contributed by atoms with Gasteiger partial charge in [-0.1, -0.05) is 18.2 Å². The Hall–Kier alpha value is -2.60. The summed E-state index contributed by atoms with van der Waals surface area (Å²) in [4.78, 5) is 16.8. The average Bonchev–Trinajstić information content (AvgIpc) is 2.69. The van der Waals surface area contributed by atoms with E-state index in [-0.39, 0.29) is 12.0 Å². The van der Waals surface area contributed by atoms with Crippen LogP contribution in [0.4, 0.5) is 5.69 Å². The zero-order valence-corrected chi connectivity index (χ0v) is 16.5. The molecular formula is C21H25N3O2S. The lowest BCUT2D eigenvalue weighted by Crippen LogP contribution is -2.52. The van der Waals surface area contributed by atoms with E-state index in [1.54, 1.807) is 24.3 Å². The SMILES string of the molecule is CC(C)Oc1ccc(C(=O)NC(=S)N2CCN(c3ccccc3)CC2)cc1. The van der Waals surface area contributed by atoms with E-state index in [1.807, 2.05) is 36.9 Å². The average molecular weight is 384 g/mol. The predicted octanol–water partition coefficient (Wildman–Crippen LogP) is 3.31. The zero-order valence-electron chi connectivity index (χ0n) is 15.7. The number of carbonyl (C=O) groups is 1. The number of ether oxygens (including phenoxy) is 1. The Morgan fingerprint density at radius 3 is 2.22 bits per heavy atom. The third-order valence-electron chi connectivity index (χ3n) is 4.40. The van der Waals surface area contributed by atoms with E-state index in [9.17, 15) is 4.79 Å². The second-order valence-electron chi connectivity index (χ2n) is 6.76. The minimum absolute atomic E-state index is 0.104. The van der Waals surface area contributed by atoms with Crippen LogP contribution in [0.25, 0.3) is 0 Å². The molecular weight excluding hydrogens is 358 g/mol. The molecule has 27 heavy (non-hydrogen) atoms. The molecule has 0 unspecified atom stereocenters. The van der Waals surface area contributed by atoms with Gasteiger partial charge in [0.1, 0.15) is 5.75 Å². The molecule has 1 heterocycles. The molecule has 3 rings (SSSR count). The van der Waals surface area contributed by atoms with Crippen molar-refractivity contribution in [2.24, 2.45) is 0 Å². The number of nitrogens with one attached hydrogen (secondary N) is 1. The summed E-state index contributed by atoms with van der Waals surface area (Å²) in [5.41, 5.74) is 1.78. The highest BCUT2D eigenvalue weighted by atomic mass is 32.1. The molecule has 0 bridgehead atoms. The van der Waals surface area contributed by atoms with Gasteiger partial charge in [-0.25, -0.2) is 0 Å². The fourth-order valence-corrected chi connectivity index (χ4v) is 3.29. The largest absolute Gasteiger partial charge is 0.491 e. The molecule has 6 heteroatoms. The molecule has 2 aromatic rings. The Kier molecular flexibility index (Phi) is 6.29. The van der Waals surface area contributed by atoms with E-state index < -0.39 is 0 Å². The third-order valence-corrected chi connectivity index (χ3v) is 4.76. The van der Waals surface area contributed by atoms with E-state index in [1.165, 1.54) is 5.69 Å². The van der Waals surface area contributed by atoms with Crippen LogP contribution in [0.5, 0.6) is 5.75 Å². The van der Waals surface area contributed by atoms with Gasteiger partial charge in [-0.15, -0.1) is 0 Å². The number of anilines is 1. The number of piperazine rings is 1. The highest BCUT2D eigenvalue weighted by molar-refractivity contribution is 7.80. The molecule has 5 nitrogen and oxygen atoms in total. The smallest absolute Gasteiger partial charge is 0.257 e. The minimum atomic E-state index is -0.193. The molecule has 0 aromatic heterocycles. The van der Waals surface area contributed by atoms with Crippen LogP contribution in [0.1, 0.15) is 24.2 Å². The Balaban J connectivity index is 1.51. The summed E-state index contributed by atoms with van der Waals surface area (Å²) in [6, 6.07) is 17.4. The molecule has 2 aromatic carbocycles. The normalized spacial score (nSPS) is 14.2. The van der Waals surface area contributed by atoms with E-state index in [4.69, 9.17) is 17.0 Å². The number of hydrogen-bond acceptors (Lipinski definition) is 4. The molecule has 1 aliphatic heterocycles. The van der Waals surface area contributed by atoms with Crippen LogP contribution in [0.3, 0.4) is 0 Å². The second kappa shape index (κ2) is 8.86. The number of amides is 1. The Morgan fingerprint density at radius 1 is 1.00 bits per heavy atom. The van der Waals surface area contributed by atoms with Gasteiger partial charge >= 0.3 is 0 Å². The number of carbonyl (C=O) groups excluding carboxylic acids is 1. The summed E-state index contributed by atoms with van der Waals surface area (Å²) in [5, 5.41) is 3.32. The van der Waals surface area contributed by atoms with Crippen molar-refractivity contribution in [2.75, 3.05) is 31.1 Å². The molecule has 0 atom stereocenters. The Labute approximate surface area is 165 Å². The first-order valence-electron chi connectivity index (χ1n) is 9.20. The molecule has 0 aliphatic carbocycles. The van der Waals surface area contributed by atoms with Crippen molar-refractivity contribution in [1.29, 1.82) is 0 Å². The van der Waals surface area contributed by atoms with Crippen molar-refractivity contribution >= 4 is 28.9 Å². The first-order chi connectivity index (χ1) is 13.0. The minimum Gasteiger partial charge on any atom is -0.491 e. The lowest BCUT2D eigenvalue weighted by Gasteiger charge is -2.37. The van der Waals surface area contributed by atoms with Gasteiger partial charge in [-0.3, -0.25) is 10.1 Å². The van der Waals surface area contributed by atoms with Crippen LogP contribution in [-0.4, -0.2) is 48.2 Å². The number of para-hydroxylation sites is 1. The number of nitrogens with zero attached hydrogens (tertiary/aromatic N) is 2. The van der Waals surface area contributed by atoms with Crippen molar-refractivity contribution in [2.45, 2.75) is 20.0 Å². The van der Waals surface area contributed by atoms with E-state index in [2.05, 4.69) is 22.3 Å². The van der Waals surface area contributed by atoms with Gasteiger partial charge < -0.3 is 14.5 Å². The van der Waals surface area contributed by atoms with Crippen LogP contribution in [-0.2, 0) is 0 Å². The molecule has 142 valence electrons. The molecule has 1 aliphatic rings. The summed E-state index contributed by atoms with van der Waals surface area (Å²) in [6.45, 7) is 7.26. The van der Waals surface area contributed by atoms with Gasteiger partial charge in [-0.2, -0.15) is 0 Å². The van der Waals surface area contributed by atoms with Crippen molar-refractivity contribution in [3.8, 4) is 5.75 Å². The summed E-state index contributed by atoms with van der Waals surface area (Å²) in [6.07, 6.45) is 0.104. The summed E-state index contributed by atoms with van der Waals surface area (Å²) >= 11 is 5.44. The van der Waals surface area contributed by atoms with Crippen LogP contribution in [0, 0.1) is 0 Å². The molecule has 1 N–H and O–H groups in total. The summed E-state index contributed by atoms with van der Waals surface area (Å²) < 4.78 is 5.60. The van der Waals surface area contributed by atoms with Crippen LogP contribution < -0.4 is 15.0 Å². The van der Waals surface area contributed by atoms with Crippen molar-refractivity contribution in [1.82, 2.24) is 10.2 Å². The summed E-state index contributed by atoms with van der Waals surface area (Å²) in [7, 11) is 0. The van der Waals surface area contributed by atoms with Gasteiger partial charge in [0, 0.05) is 37.4 Å². The first kappa shape index (κ1) is 19.2. The van der Waals surface area contributed by atoms with Crippen LogP contribution in [0.2, 0.25) is 0 Å². The quantitative estimate of drug-likeness (QED) is 0.821. The third kappa shape index (κ3) is 5.20. The maximum Gasteiger partial charge on any atom is 0.257 e. The second-order valence-corrected chi connectivity index (χ2v) is 7.15. The molecule has 0 radical (unpaired) electrons. The predicted molar refractivity (Wildman–Crippen MR) is 112 cm³/mol. The zero-order chi connectivity index (χ0) is 19.2. The Bertz CT molecular complexity index is 770. The van der Waals surface area contributed by atoms with Crippen molar-refractivity contribution < 1.29 is 9.53 Å². The highest BCUT2D eigenvalue weighted by Crippen LogP contribution is 2.16. The van der Waals surface area contributed by atoms with E-state index in [0.29, 0.717) is 10.7 Å².